The Labute approximate surface area is 130 Å². The van der Waals surface area contributed by atoms with Gasteiger partial charge in [0.2, 0.25) is 0 Å². The average molecular weight is 303 g/mol. The highest BCUT2D eigenvalue weighted by atomic mass is 16.6. The van der Waals surface area contributed by atoms with Crippen molar-refractivity contribution < 1.29 is 14.3 Å². The van der Waals surface area contributed by atoms with Gasteiger partial charge in [-0.05, 0) is 38.8 Å². The predicted octanol–water partition coefficient (Wildman–Crippen LogP) is 1.65. The summed E-state index contributed by atoms with van der Waals surface area (Å²) in [6.07, 6.45) is 0.914. The number of pyridine rings is 1. The maximum atomic E-state index is 12.1. The summed E-state index contributed by atoms with van der Waals surface area (Å²) in [6.45, 7) is 6.81. The molecule has 0 saturated carbocycles. The molecule has 0 radical (unpaired) electrons. The lowest BCUT2D eigenvalue weighted by Crippen LogP contribution is -2.47. The second-order valence-electron chi connectivity index (χ2n) is 6.00. The summed E-state index contributed by atoms with van der Waals surface area (Å²) < 4.78 is 10.9. The molecule has 1 saturated heterocycles. The van der Waals surface area contributed by atoms with Gasteiger partial charge in [0.05, 0.1) is 18.8 Å². The third-order valence-electron chi connectivity index (χ3n) is 2.91. The Morgan fingerprint density at radius 1 is 1.55 bits per heavy atom. The SMILES string of the molecule is CC(C)(C)OC(=O)N1CCOC(C#Cc2ncccc2N)C1. The zero-order valence-corrected chi connectivity index (χ0v) is 13.1. The van der Waals surface area contributed by atoms with Crippen molar-refractivity contribution in [1.29, 1.82) is 0 Å². The molecular formula is C16H21N3O3. The Hall–Kier alpha value is -2.26. The van der Waals surface area contributed by atoms with Gasteiger partial charge in [-0.1, -0.05) is 5.92 Å². The molecule has 0 aliphatic carbocycles. The number of amides is 1. The minimum Gasteiger partial charge on any atom is -0.444 e. The van der Waals surface area contributed by atoms with Crippen LogP contribution in [-0.2, 0) is 9.47 Å². The van der Waals surface area contributed by atoms with E-state index in [9.17, 15) is 4.79 Å². The smallest absolute Gasteiger partial charge is 0.410 e. The first-order valence-electron chi connectivity index (χ1n) is 7.17. The van der Waals surface area contributed by atoms with Crippen LogP contribution in [0.4, 0.5) is 10.5 Å². The van der Waals surface area contributed by atoms with Crippen molar-refractivity contribution in [3.05, 3.63) is 24.0 Å². The van der Waals surface area contributed by atoms with E-state index < -0.39 is 5.60 Å². The number of nitrogen functional groups attached to an aromatic ring is 1. The van der Waals surface area contributed by atoms with E-state index in [4.69, 9.17) is 15.2 Å². The number of nitrogens with zero attached hydrogens (tertiary/aromatic N) is 2. The molecule has 6 heteroatoms. The predicted molar refractivity (Wildman–Crippen MR) is 83.1 cm³/mol. The number of morpholine rings is 1. The highest BCUT2D eigenvalue weighted by Crippen LogP contribution is 2.13. The first kappa shape index (κ1) is 16.1. The molecule has 0 aromatic carbocycles. The fourth-order valence-corrected chi connectivity index (χ4v) is 1.90. The lowest BCUT2D eigenvalue weighted by Gasteiger charge is -2.32. The molecule has 22 heavy (non-hydrogen) atoms. The van der Waals surface area contributed by atoms with Crippen LogP contribution in [0.2, 0.25) is 0 Å². The second kappa shape index (κ2) is 6.67. The molecular weight excluding hydrogens is 282 g/mol. The van der Waals surface area contributed by atoms with Gasteiger partial charge in [0.1, 0.15) is 17.4 Å². The summed E-state index contributed by atoms with van der Waals surface area (Å²) in [5.74, 6) is 5.86. The van der Waals surface area contributed by atoms with Crippen LogP contribution in [0.25, 0.3) is 0 Å². The average Bonchev–Trinajstić information content (AvgIpc) is 2.45. The standard InChI is InChI=1S/C16H21N3O3/c1-16(2,3)22-15(20)19-9-10-21-12(11-19)6-7-14-13(17)5-4-8-18-14/h4-5,8,12H,9-11,17H2,1-3H3. The Morgan fingerprint density at radius 3 is 3.00 bits per heavy atom. The van der Waals surface area contributed by atoms with Crippen molar-refractivity contribution in [3.8, 4) is 11.8 Å². The van der Waals surface area contributed by atoms with E-state index in [2.05, 4.69) is 16.8 Å². The molecule has 6 nitrogen and oxygen atoms in total. The van der Waals surface area contributed by atoms with Gasteiger partial charge in [0.15, 0.2) is 0 Å². The van der Waals surface area contributed by atoms with Gasteiger partial charge in [-0.25, -0.2) is 9.78 Å². The van der Waals surface area contributed by atoms with Crippen molar-refractivity contribution in [2.75, 3.05) is 25.4 Å². The molecule has 2 heterocycles. The summed E-state index contributed by atoms with van der Waals surface area (Å²) in [5.41, 5.74) is 6.31. The molecule has 1 atom stereocenters. The van der Waals surface area contributed by atoms with E-state index in [0.717, 1.165) is 0 Å². The Balaban J connectivity index is 2.00. The summed E-state index contributed by atoms with van der Waals surface area (Å²) in [7, 11) is 0. The van der Waals surface area contributed by atoms with Crippen LogP contribution in [0.5, 0.6) is 0 Å². The minimum atomic E-state index is -0.515. The maximum absolute atomic E-state index is 12.1. The number of aromatic nitrogens is 1. The first-order valence-corrected chi connectivity index (χ1v) is 7.17. The van der Waals surface area contributed by atoms with E-state index in [1.807, 2.05) is 20.8 Å². The molecule has 1 aromatic rings. The lowest BCUT2D eigenvalue weighted by molar-refractivity contribution is -0.0236. The monoisotopic (exact) mass is 303 g/mol. The Bertz CT molecular complexity index is 599. The van der Waals surface area contributed by atoms with Gasteiger partial charge in [-0.2, -0.15) is 0 Å². The summed E-state index contributed by atoms with van der Waals surface area (Å²) >= 11 is 0. The summed E-state index contributed by atoms with van der Waals surface area (Å²) in [5, 5.41) is 0. The van der Waals surface area contributed by atoms with Crippen LogP contribution in [0.1, 0.15) is 26.5 Å². The zero-order valence-electron chi connectivity index (χ0n) is 13.1. The first-order chi connectivity index (χ1) is 10.3. The molecule has 1 aliphatic heterocycles. The number of anilines is 1. The number of rotatable bonds is 0. The molecule has 1 aromatic heterocycles. The number of hydrogen-bond donors (Lipinski definition) is 1. The Morgan fingerprint density at radius 2 is 2.32 bits per heavy atom. The van der Waals surface area contributed by atoms with Gasteiger partial charge in [-0.15, -0.1) is 0 Å². The Kier molecular flexibility index (Phi) is 4.88. The maximum Gasteiger partial charge on any atom is 0.410 e. The molecule has 1 fully saturated rings. The fraction of sp³-hybridized carbons (Fsp3) is 0.500. The van der Waals surface area contributed by atoms with E-state index in [0.29, 0.717) is 31.1 Å². The summed E-state index contributed by atoms with van der Waals surface area (Å²) in [6, 6.07) is 3.49. The van der Waals surface area contributed by atoms with Crippen LogP contribution in [0, 0.1) is 11.8 Å². The van der Waals surface area contributed by atoms with Crippen molar-refractivity contribution in [2.24, 2.45) is 0 Å². The van der Waals surface area contributed by atoms with Crippen LogP contribution in [0.15, 0.2) is 18.3 Å². The van der Waals surface area contributed by atoms with Crippen molar-refractivity contribution in [3.63, 3.8) is 0 Å². The van der Waals surface area contributed by atoms with Gasteiger partial charge >= 0.3 is 6.09 Å². The second-order valence-corrected chi connectivity index (χ2v) is 6.00. The molecule has 2 rings (SSSR count). The molecule has 0 bridgehead atoms. The molecule has 1 amide bonds. The number of ether oxygens (including phenoxy) is 2. The lowest BCUT2D eigenvalue weighted by atomic mass is 10.2. The van der Waals surface area contributed by atoms with Crippen LogP contribution < -0.4 is 5.73 Å². The van der Waals surface area contributed by atoms with Crippen LogP contribution in [-0.4, -0.2) is 47.4 Å². The van der Waals surface area contributed by atoms with Crippen molar-refractivity contribution in [2.45, 2.75) is 32.5 Å². The minimum absolute atomic E-state index is 0.347. The topological polar surface area (TPSA) is 77.7 Å². The number of hydrogen-bond acceptors (Lipinski definition) is 5. The molecule has 1 unspecified atom stereocenters. The number of carbonyl (C=O) groups is 1. The van der Waals surface area contributed by atoms with E-state index in [-0.39, 0.29) is 12.2 Å². The normalized spacial score (nSPS) is 18.3. The molecule has 1 aliphatic rings. The van der Waals surface area contributed by atoms with E-state index in [1.165, 1.54) is 0 Å². The molecule has 2 N–H and O–H groups in total. The number of carbonyl (C=O) groups excluding carboxylic acids is 1. The highest BCUT2D eigenvalue weighted by molar-refractivity contribution is 5.68. The van der Waals surface area contributed by atoms with Gasteiger partial charge < -0.3 is 20.1 Å². The van der Waals surface area contributed by atoms with Crippen LogP contribution >= 0.6 is 0 Å². The van der Waals surface area contributed by atoms with Crippen LogP contribution in [0.3, 0.4) is 0 Å². The third kappa shape index (κ3) is 4.64. The van der Waals surface area contributed by atoms with Gasteiger partial charge in [0.25, 0.3) is 0 Å². The zero-order chi connectivity index (χ0) is 16.2. The summed E-state index contributed by atoms with van der Waals surface area (Å²) in [4.78, 5) is 17.8. The van der Waals surface area contributed by atoms with Crippen molar-refractivity contribution >= 4 is 11.8 Å². The van der Waals surface area contributed by atoms with Crippen molar-refractivity contribution in [1.82, 2.24) is 9.88 Å². The third-order valence-corrected chi connectivity index (χ3v) is 2.91. The number of nitrogens with two attached hydrogens (primary N) is 1. The highest BCUT2D eigenvalue weighted by Gasteiger charge is 2.27. The van der Waals surface area contributed by atoms with Gasteiger partial charge in [0, 0.05) is 12.7 Å². The molecule has 118 valence electrons. The van der Waals surface area contributed by atoms with E-state index >= 15 is 0 Å². The quantitative estimate of drug-likeness (QED) is 0.737. The van der Waals surface area contributed by atoms with E-state index in [1.54, 1.807) is 23.2 Å². The fourth-order valence-electron chi connectivity index (χ4n) is 1.90. The largest absolute Gasteiger partial charge is 0.444 e. The molecule has 0 spiro atoms. The van der Waals surface area contributed by atoms with Gasteiger partial charge in [-0.3, -0.25) is 0 Å².